The Balaban J connectivity index is 1.05. The van der Waals surface area contributed by atoms with Crippen molar-refractivity contribution in [2.75, 3.05) is 51.7 Å². The fourth-order valence-corrected chi connectivity index (χ4v) is 8.93. The lowest BCUT2D eigenvalue weighted by atomic mass is 9.73. The Kier molecular flexibility index (Phi) is 9.81. The van der Waals surface area contributed by atoms with Crippen molar-refractivity contribution in [3.05, 3.63) is 72.3 Å². The molecule has 1 spiro atoms. The molecule has 49 heavy (non-hydrogen) atoms. The average molecular weight is 670 g/mol. The van der Waals surface area contributed by atoms with Gasteiger partial charge in [-0.3, -0.25) is 19.3 Å². The zero-order valence-corrected chi connectivity index (χ0v) is 29.1. The van der Waals surface area contributed by atoms with Crippen molar-refractivity contribution in [1.82, 2.24) is 20.0 Å². The summed E-state index contributed by atoms with van der Waals surface area (Å²) in [7, 11) is 1.60. The number of carbonyl (C=O) groups is 3. The maximum absolute atomic E-state index is 14.5. The number of anilines is 1. The first-order valence-electron chi connectivity index (χ1n) is 18.2. The van der Waals surface area contributed by atoms with E-state index in [4.69, 9.17) is 9.47 Å². The molecule has 8 atom stereocenters. The molecule has 4 heterocycles. The van der Waals surface area contributed by atoms with Gasteiger partial charge in [-0.25, -0.2) is 0 Å². The van der Waals surface area contributed by atoms with E-state index in [1.165, 1.54) is 5.56 Å². The Bertz CT molecular complexity index is 1530. The maximum atomic E-state index is 14.5. The fraction of sp³-hybridized carbons (Fsp3) is 0.564. The van der Waals surface area contributed by atoms with E-state index in [1.807, 2.05) is 12.2 Å². The fourth-order valence-electron chi connectivity index (χ4n) is 8.93. The molecule has 8 unspecified atom stereocenters. The Morgan fingerprint density at radius 1 is 0.939 bits per heavy atom. The van der Waals surface area contributed by atoms with Crippen LogP contribution in [0.4, 0.5) is 5.69 Å². The summed E-state index contributed by atoms with van der Waals surface area (Å²) in [6.07, 6.45) is 7.12. The first kappa shape index (κ1) is 33.8. The highest BCUT2D eigenvalue weighted by Crippen LogP contribution is 2.55. The highest BCUT2D eigenvalue weighted by atomic mass is 16.5. The Morgan fingerprint density at radius 3 is 2.41 bits per heavy atom. The first-order valence-corrected chi connectivity index (χ1v) is 18.2. The van der Waals surface area contributed by atoms with Crippen LogP contribution in [0.5, 0.6) is 5.75 Å². The van der Waals surface area contributed by atoms with Crippen LogP contribution in [0.3, 0.4) is 0 Å². The molecule has 2 bridgehead atoms. The highest BCUT2D eigenvalue weighted by molar-refractivity contribution is 6.02. The van der Waals surface area contributed by atoms with Gasteiger partial charge in [-0.15, -0.1) is 0 Å². The lowest BCUT2D eigenvalue weighted by molar-refractivity contribution is -0.141. The second-order valence-electron chi connectivity index (χ2n) is 14.8. The van der Waals surface area contributed by atoms with E-state index in [0.29, 0.717) is 29.8 Å². The molecule has 10 heteroatoms. The summed E-state index contributed by atoms with van der Waals surface area (Å²) >= 11 is 0. The normalized spacial score (nSPS) is 32.7. The maximum Gasteiger partial charge on any atom is 0.246 e. The molecule has 2 aromatic rings. The van der Waals surface area contributed by atoms with Crippen molar-refractivity contribution in [3.8, 4) is 5.75 Å². The molecule has 2 N–H and O–H groups in total. The van der Waals surface area contributed by atoms with E-state index in [2.05, 4.69) is 64.6 Å². The molecule has 0 aromatic heterocycles. The van der Waals surface area contributed by atoms with Gasteiger partial charge in [0.15, 0.2) is 0 Å². The molecule has 4 fully saturated rings. The quantitative estimate of drug-likeness (QED) is 0.350. The summed E-state index contributed by atoms with van der Waals surface area (Å²) in [6.45, 7) is 10.6. The van der Waals surface area contributed by atoms with Crippen LogP contribution in [0.2, 0.25) is 0 Å². The van der Waals surface area contributed by atoms with Crippen LogP contribution in [0.1, 0.15) is 45.1 Å². The van der Waals surface area contributed by atoms with Crippen molar-refractivity contribution in [2.24, 2.45) is 23.7 Å². The standard InChI is InChI=1S/C39H51N5O5/c1-26-9-7-12-31(27(26)2)41-37(46)35-39-18-17-32(49-39)33(36(45)40-29-13-15-30(48-3)16-14-29)34(39)38(47)44(35)20-8-19-42-21-23-43(24-22-42)25-28-10-5-4-6-11-28/h4-6,10-11,13-18,26-27,31-35H,7-9,12,19-25H2,1-3H3,(H,40,45)(H,41,46). The third-order valence-electron chi connectivity index (χ3n) is 11.9. The summed E-state index contributed by atoms with van der Waals surface area (Å²) in [4.78, 5) is 49.4. The lowest BCUT2D eigenvalue weighted by Crippen LogP contribution is -2.58. The average Bonchev–Trinajstić information content (AvgIpc) is 3.75. The third-order valence-corrected chi connectivity index (χ3v) is 11.9. The number of fused-ring (bicyclic) bond motifs is 1. The number of nitrogens with one attached hydrogen (secondary N) is 2. The molecule has 3 saturated heterocycles. The number of rotatable bonds is 11. The van der Waals surface area contributed by atoms with Gasteiger partial charge in [-0.2, -0.15) is 0 Å². The minimum atomic E-state index is -1.17. The zero-order valence-electron chi connectivity index (χ0n) is 29.1. The van der Waals surface area contributed by atoms with E-state index in [9.17, 15) is 14.4 Å². The summed E-state index contributed by atoms with van der Waals surface area (Å²) in [5.41, 5.74) is 0.782. The monoisotopic (exact) mass is 669 g/mol. The zero-order chi connectivity index (χ0) is 34.1. The Morgan fingerprint density at radius 2 is 1.67 bits per heavy atom. The molecule has 7 rings (SSSR count). The number of benzene rings is 2. The van der Waals surface area contributed by atoms with Gasteiger partial charge in [0.2, 0.25) is 17.7 Å². The van der Waals surface area contributed by atoms with Gasteiger partial charge in [0.25, 0.3) is 0 Å². The Hall–Kier alpha value is -3.73. The van der Waals surface area contributed by atoms with E-state index in [0.717, 1.165) is 65.0 Å². The highest BCUT2D eigenvalue weighted by Gasteiger charge is 2.72. The van der Waals surface area contributed by atoms with E-state index in [-0.39, 0.29) is 23.8 Å². The van der Waals surface area contributed by atoms with Crippen LogP contribution in [-0.4, -0.2) is 103 Å². The number of hydrogen-bond acceptors (Lipinski definition) is 7. The summed E-state index contributed by atoms with van der Waals surface area (Å²) in [5.74, 6) is -0.553. The van der Waals surface area contributed by atoms with Crippen LogP contribution in [0, 0.1) is 23.7 Å². The topological polar surface area (TPSA) is 103 Å². The van der Waals surface area contributed by atoms with Gasteiger partial charge in [0.1, 0.15) is 17.4 Å². The van der Waals surface area contributed by atoms with Crippen molar-refractivity contribution in [3.63, 3.8) is 0 Å². The number of methoxy groups -OCH3 is 1. The smallest absolute Gasteiger partial charge is 0.246 e. The van der Waals surface area contributed by atoms with E-state index >= 15 is 0 Å². The van der Waals surface area contributed by atoms with Crippen molar-refractivity contribution >= 4 is 23.4 Å². The van der Waals surface area contributed by atoms with Gasteiger partial charge in [0.05, 0.1) is 25.0 Å². The SMILES string of the molecule is COc1ccc(NC(=O)C2C3C=CC4(O3)C2C(=O)N(CCCN2CCN(Cc3ccccc3)CC2)C4C(=O)NC2CCCC(C)C2C)cc1. The third kappa shape index (κ3) is 6.62. The molecule has 10 nitrogen and oxygen atoms in total. The van der Waals surface area contributed by atoms with Gasteiger partial charge in [0, 0.05) is 51.0 Å². The second-order valence-corrected chi connectivity index (χ2v) is 14.8. The summed E-state index contributed by atoms with van der Waals surface area (Å²) in [6, 6.07) is 16.9. The minimum Gasteiger partial charge on any atom is -0.497 e. The van der Waals surface area contributed by atoms with Crippen molar-refractivity contribution in [1.29, 1.82) is 0 Å². The van der Waals surface area contributed by atoms with Gasteiger partial charge >= 0.3 is 0 Å². The molecule has 1 saturated carbocycles. The molecule has 4 aliphatic heterocycles. The van der Waals surface area contributed by atoms with Gasteiger partial charge < -0.3 is 29.9 Å². The number of hydrogen-bond donors (Lipinski definition) is 2. The number of likely N-dealkylation sites (tertiary alicyclic amines) is 1. The lowest BCUT2D eigenvalue weighted by Gasteiger charge is -2.38. The number of ether oxygens (including phenoxy) is 2. The number of amides is 3. The van der Waals surface area contributed by atoms with Gasteiger partial charge in [-0.05, 0) is 61.1 Å². The summed E-state index contributed by atoms with van der Waals surface area (Å²) in [5, 5.41) is 6.37. The number of nitrogens with zero attached hydrogens (tertiary/aromatic N) is 3. The predicted molar refractivity (Wildman–Crippen MR) is 188 cm³/mol. The summed E-state index contributed by atoms with van der Waals surface area (Å²) < 4.78 is 11.8. The minimum absolute atomic E-state index is 0.0487. The molecule has 1 aliphatic carbocycles. The molecular weight excluding hydrogens is 618 g/mol. The molecule has 262 valence electrons. The van der Waals surface area contributed by atoms with Crippen molar-refractivity contribution < 1.29 is 23.9 Å². The molecule has 5 aliphatic rings. The van der Waals surface area contributed by atoms with Crippen LogP contribution >= 0.6 is 0 Å². The number of piperazine rings is 1. The molecular formula is C39H51N5O5. The molecule has 0 radical (unpaired) electrons. The van der Waals surface area contributed by atoms with E-state index in [1.54, 1.807) is 36.3 Å². The Labute approximate surface area is 290 Å². The van der Waals surface area contributed by atoms with Crippen LogP contribution in [0.15, 0.2) is 66.7 Å². The van der Waals surface area contributed by atoms with Gasteiger partial charge in [-0.1, -0.05) is 69.2 Å². The van der Waals surface area contributed by atoms with Crippen LogP contribution in [0.25, 0.3) is 0 Å². The first-order chi connectivity index (χ1) is 23.8. The van der Waals surface area contributed by atoms with E-state index < -0.39 is 29.6 Å². The van der Waals surface area contributed by atoms with Crippen LogP contribution in [-0.2, 0) is 25.7 Å². The molecule has 3 amide bonds. The van der Waals surface area contributed by atoms with Crippen LogP contribution < -0.4 is 15.4 Å². The predicted octanol–water partition coefficient (Wildman–Crippen LogP) is 3.93. The van der Waals surface area contributed by atoms with Crippen molar-refractivity contribution in [2.45, 2.75) is 69.9 Å². The molecule has 2 aromatic carbocycles. The largest absolute Gasteiger partial charge is 0.497 e. The second kappa shape index (κ2) is 14.2. The number of carbonyl (C=O) groups excluding carboxylic acids is 3.